The van der Waals surface area contributed by atoms with Crippen LogP contribution in [0, 0.1) is 0 Å². The van der Waals surface area contributed by atoms with Crippen LogP contribution in [0.5, 0.6) is 5.75 Å². The average Bonchev–Trinajstić information content (AvgIpc) is 2.23. The number of aromatic hydroxyl groups is 1. The molecule has 1 aromatic carbocycles. The fourth-order valence-corrected chi connectivity index (χ4v) is 1.71. The summed E-state index contributed by atoms with van der Waals surface area (Å²) in [4.78, 5) is 14.5. The van der Waals surface area contributed by atoms with Gasteiger partial charge in [-0.05, 0) is 24.6 Å². The topological polar surface area (TPSA) is 79.1 Å². The van der Waals surface area contributed by atoms with Crippen LogP contribution in [0.3, 0.4) is 0 Å². The molecule has 0 fully saturated rings. The minimum Gasteiger partial charge on any atom is -0.506 e. The van der Waals surface area contributed by atoms with Gasteiger partial charge in [-0.1, -0.05) is 6.07 Å². The van der Waals surface area contributed by atoms with E-state index in [4.69, 9.17) is 5.73 Å². The van der Waals surface area contributed by atoms with Crippen LogP contribution in [-0.2, 0) is 6.42 Å². The van der Waals surface area contributed by atoms with Crippen LogP contribution in [0.2, 0.25) is 0 Å². The molecule has 1 aromatic heterocycles. The number of phenolic OH excluding ortho intramolecular Hbond substituents is 1. The van der Waals surface area contributed by atoms with Crippen molar-refractivity contribution in [1.82, 2.24) is 4.98 Å². The first-order valence-electron chi connectivity index (χ1n) is 4.76. The fourth-order valence-electron chi connectivity index (χ4n) is 1.71. The van der Waals surface area contributed by atoms with Gasteiger partial charge in [0.15, 0.2) is 5.43 Å². The molecule has 0 unspecified atom stereocenters. The van der Waals surface area contributed by atoms with Crippen molar-refractivity contribution in [1.29, 1.82) is 0 Å². The quantitative estimate of drug-likeness (QED) is 0.674. The molecule has 0 aliphatic heterocycles. The standard InChI is InChI=1S/C11H12N2O2/c12-5-3-7-1-2-9(15)11-10(7)8(14)4-6-13-11/h1-2,4,6,15H,3,5,12H2,(H,13,14). The summed E-state index contributed by atoms with van der Waals surface area (Å²) in [6, 6.07) is 4.75. The minimum atomic E-state index is -0.0944. The summed E-state index contributed by atoms with van der Waals surface area (Å²) in [5.74, 6) is 0.0865. The van der Waals surface area contributed by atoms with Gasteiger partial charge >= 0.3 is 0 Å². The number of H-pyrrole nitrogens is 1. The van der Waals surface area contributed by atoms with Crippen LogP contribution in [0.25, 0.3) is 10.9 Å². The normalized spacial score (nSPS) is 10.7. The van der Waals surface area contributed by atoms with Crippen molar-refractivity contribution in [2.45, 2.75) is 6.42 Å². The number of hydrogen-bond donors (Lipinski definition) is 3. The van der Waals surface area contributed by atoms with E-state index in [-0.39, 0.29) is 11.2 Å². The third-order valence-electron chi connectivity index (χ3n) is 2.39. The summed E-state index contributed by atoms with van der Waals surface area (Å²) in [7, 11) is 0. The van der Waals surface area contributed by atoms with Gasteiger partial charge in [0.05, 0.1) is 10.9 Å². The maximum absolute atomic E-state index is 11.7. The first-order chi connectivity index (χ1) is 7.24. The number of nitrogens with two attached hydrogens (primary N) is 1. The Bertz CT molecular complexity index is 546. The third kappa shape index (κ3) is 1.59. The van der Waals surface area contributed by atoms with Crippen LogP contribution in [-0.4, -0.2) is 16.6 Å². The number of benzene rings is 1. The van der Waals surface area contributed by atoms with Crippen molar-refractivity contribution in [2.75, 3.05) is 6.54 Å². The Morgan fingerprint density at radius 3 is 2.87 bits per heavy atom. The van der Waals surface area contributed by atoms with Gasteiger partial charge in [-0.3, -0.25) is 4.79 Å². The predicted molar refractivity (Wildman–Crippen MR) is 59.0 cm³/mol. The largest absolute Gasteiger partial charge is 0.506 e. The number of fused-ring (bicyclic) bond motifs is 1. The van der Waals surface area contributed by atoms with E-state index in [2.05, 4.69) is 4.98 Å². The molecule has 0 saturated heterocycles. The van der Waals surface area contributed by atoms with Crippen molar-refractivity contribution in [3.63, 3.8) is 0 Å². The smallest absolute Gasteiger partial charge is 0.189 e. The summed E-state index contributed by atoms with van der Waals surface area (Å²) < 4.78 is 0. The lowest BCUT2D eigenvalue weighted by Crippen LogP contribution is -2.08. The van der Waals surface area contributed by atoms with E-state index in [9.17, 15) is 9.90 Å². The second kappa shape index (κ2) is 3.74. The minimum absolute atomic E-state index is 0.0865. The van der Waals surface area contributed by atoms with E-state index in [1.54, 1.807) is 12.1 Å². The van der Waals surface area contributed by atoms with Gasteiger partial charge in [-0.15, -0.1) is 0 Å². The number of phenols is 1. The molecule has 0 spiro atoms. The zero-order chi connectivity index (χ0) is 10.8. The molecule has 2 aromatic rings. The molecule has 0 saturated carbocycles. The fraction of sp³-hybridized carbons (Fsp3) is 0.182. The van der Waals surface area contributed by atoms with Crippen LogP contribution < -0.4 is 11.2 Å². The Hall–Kier alpha value is -1.81. The number of hydrogen-bond acceptors (Lipinski definition) is 3. The number of nitrogens with one attached hydrogen (secondary N) is 1. The summed E-state index contributed by atoms with van der Waals surface area (Å²) in [6.45, 7) is 0.480. The Balaban J connectivity index is 2.84. The van der Waals surface area contributed by atoms with Gasteiger partial charge in [0, 0.05) is 12.3 Å². The van der Waals surface area contributed by atoms with Crippen molar-refractivity contribution in [3.8, 4) is 5.75 Å². The lowest BCUT2D eigenvalue weighted by Gasteiger charge is -2.05. The summed E-state index contributed by atoms with van der Waals surface area (Å²) in [5, 5.41) is 10.1. The maximum atomic E-state index is 11.7. The SMILES string of the molecule is NCCc1ccc(O)c2[nH]ccc(=O)c12. The van der Waals surface area contributed by atoms with Crippen LogP contribution in [0.1, 0.15) is 5.56 Å². The predicted octanol–water partition coefficient (Wildman–Crippen LogP) is 0.735. The molecule has 78 valence electrons. The molecule has 0 radical (unpaired) electrons. The van der Waals surface area contributed by atoms with E-state index >= 15 is 0 Å². The Morgan fingerprint density at radius 1 is 1.33 bits per heavy atom. The molecule has 0 bridgehead atoms. The molecule has 4 N–H and O–H groups in total. The van der Waals surface area contributed by atoms with E-state index in [0.717, 1.165) is 5.56 Å². The molecule has 2 rings (SSSR count). The van der Waals surface area contributed by atoms with Crippen LogP contribution in [0.4, 0.5) is 0 Å². The molecule has 0 atom stereocenters. The van der Waals surface area contributed by atoms with Gasteiger partial charge in [0.25, 0.3) is 0 Å². The molecule has 1 heterocycles. The van der Waals surface area contributed by atoms with Crippen molar-refractivity contribution in [2.24, 2.45) is 5.73 Å². The highest BCUT2D eigenvalue weighted by molar-refractivity contribution is 5.86. The number of aromatic nitrogens is 1. The molecule has 15 heavy (non-hydrogen) atoms. The van der Waals surface area contributed by atoms with Gasteiger partial charge < -0.3 is 15.8 Å². The summed E-state index contributed by atoms with van der Waals surface area (Å²) in [6.07, 6.45) is 2.15. The number of rotatable bonds is 2. The lowest BCUT2D eigenvalue weighted by atomic mass is 10.0. The number of aromatic amines is 1. The first kappa shape index (κ1) is 9.73. The molecule has 0 aliphatic carbocycles. The Morgan fingerprint density at radius 2 is 2.13 bits per heavy atom. The van der Waals surface area contributed by atoms with Crippen LogP contribution in [0.15, 0.2) is 29.2 Å². The molecular weight excluding hydrogens is 192 g/mol. The molecule has 4 heteroatoms. The van der Waals surface area contributed by atoms with E-state index in [1.807, 2.05) is 0 Å². The van der Waals surface area contributed by atoms with Gasteiger partial charge in [0.1, 0.15) is 5.75 Å². The first-order valence-corrected chi connectivity index (χ1v) is 4.76. The highest BCUT2D eigenvalue weighted by Gasteiger charge is 2.07. The van der Waals surface area contributed by atoms with E-state index < -0.39 is 0 Å². The van der Waals surface area contributed by atoms with Crippen molar-refractivity contribution < 1.29 is 5.11 Å². The molecular formula is C11H12N2O2. The van der Waals surface area contributed by atoms with Crippen molar-refractivity contribution >= 4 is 10.9 Å². The molecule has 0 amide bonds. The van der Waals surface area contributed by atoms with Crippen molar-refractivity contribution in [3.05, 3.63) is 40.2 Å². The van der Waals surface area contributed by atoms with Gasteiger partial charge in [-0.25, -0.2) is 0 Å². The third-order valence-corrected chi connectivity index (χ3v) is 2.39. The molecule has 4 nitrogen and oxygen atoms in total. The highest BCUT2D eigenvalue weighted by atomic mass is 16.3. The zero-order valence-corrected chi connectivity index (χ0v) is 8.16. The van der Waals surface area contributed by atoms with Gasteiger partial charge in [-0.2, -0.15) is 0 Å². The Kier molecular flexibility index (Phi) is 2.43. The highest BCUT2D eigenvalue weighted by Crippen LogP contribution is 2.22. The lowest BCUT2D eigenvalue weighted by molar-refractivity contribution is 0.480. The number of pyridine rings is 1. The maximum Gasteiger partial charge on any atom is 0.189 e. The zero-order valence-electron chi connectivity index (χ0n) is 8.16. The average molecular weight is 204 g/mol. The van der Waals surface area contributed by atoms with E-state index in [0.29, 0.717) is 23.9 Å². The Labute approximate surface area is 86.4 Å². The van der Waals surface area contributed by atoms with E-state index in [1.165, 1.54) is 12.3 Å². The second-order valence-corrected chi connectivity index (χ2v) is 3.37. The summed E-state index contributed by atoms with van der Waals surface area (Å²) in [5.41, 5.74) is 6.72. The second-order valence-electron chi connectivity index (χ2n) is 3.37. The summed E-state index contributed by atoms with van der Waals surface area (Å²) >= 11 is 0. The molecule has 0 aliphatic rings. The monoisotopic (exact) mass is 204 g/mol. The van der Waals surface area contributed by atoms with Gasteiger partial charge in [0.2, 0.25) is 0 Å². The van der Waals surface area contributed by atoms with Crippen LogP contribution >= 0.6 is 0 Å².